The maximum absolute atomic E-state index is 13.8. The molecule has 0 aliphatic carbocycles. The summed E-state index contributed by atoms with van der Waals surface area (Å²) in [5, 5.41) is 5.88. The molecule has 0 amide bonds. The Hall–Kier alpha value is -2.35. The fraction of sp³-hybridized carbons (Fsp3) is 0.111. The maximum atomic E-state index is 13.8. The second-order valence-electron chi connectivity index (χ2n) is 5.27. The predicted octanol–water partition coefficient (Wildman–Crippen LogP) is 4.69. The molecule has 0 fully saturated rings. The van der Waals surface area contributed by atoms with E-state index < -0.39 is 0 Å². The summed E-state index contributed by atoms with van der Waals surface area (Å²) in [5.41, 5.74) is 2.92. The highest BCUT2D eigenvalue weighted by Crippen LogP contribution is 2.36. The van der Waals surface area contributed by atoms with Gasteiger partial charge in [0, 0.05) is 17.7 Å². The first-order valence-corrected chi connectivity index (χ1v) is 6.84. The maximum Gasteiger partial charge on any atom is 0.128 e. The highest BCUT2D eigenvalue weighted by atomic mass is 19.1. The van der Waals surface area contributed by atoms with E-state index in [1.165, 1.54) is 22.4 Å². The molecular weight excluding hydrogens is 249 g/mol. The van der Waals surface area contributed by atoms with Crippen molar-refractivity contribution < 1.29 is 4.39 Å². The van der Waals surface area contributed by atoms with Crippen molar-refractivity contribution in [2.45, 2.75) is 12.5 Å². The molecule has 0 radical (unpaired) electrons. The summed E-state index contributed by atoms with van der Waals surface area (Å²) in [4.78, 5) is 0. The molecule has 1 aliphatic heterocycles. The summed E-state index contributed by atoms with van der Waals surface area (Å²) in [5.74, 6) is -0.113. The van der Waals surface area contributed by atoms with Crippen LogP contribution in [-0.2, 0) is 6.42 Å². The first-order chi connectivity index (χ1) is 9.81. The minimum Gasteiger partial charge on any atom is -0.378 e. The number of benzene rings is 3. The van der Waals surface area contributed by atoms with Crippen molar-refractivity contribution in [2.75, 3.05) is 5.32 Å². The van der Waals surface area contributed by atoms with E-state index in [9.17, 15) is 4.39 Å². The molecule has 4 rings (SSSR count). The Kier molecular flexibility index (Phi) is 2.49. The van der Waals surface area contributed by atoms with Gasteiger partial charge in [0.05, 0.1) is 6.04 Å². The van der Waals surface area contributed by atoms with Crippen LogP contribution in [0.3, 0.4) is 0 Å². The summed E-state index contributed by atoms with van der Waals surface area (Å²) < 4.78 is 13.8. The zero-order valence-corrected chi connectivity index (χ0v) is 10.9. The van der Waals surface area contributed by atoms with Crippen LogP contribution in [0.1, 0.15) is 17.2 Å². The van der Waals surface area contributed by atoms with Crippen LogP contribution in [0.5, 0.6) is 0 Å². The summed E-state index contributed by atoms with van der Waals surface area (Å²) in [6.45, 7) is 0. The van der Waals surface area contributed by atoms with Gasteiger partial charge in [0.15, 0.2) is 0 Å². The molecule has 0 aromatic heterocycles. The van der Waals surface area contributed by atoms with Crippen LogP contribution in [0.25, 0.3) is 10.8 Å². The van der Waals surface area contributed by atoms with Gasteiger partial charge < -0.3 is 5.32 Å². The van der Waals surface area contributed by atoms with Gasteiger partial charge in [0.1, 0.15) is 5.82 Å². The Bertz CT molecular complexity index is 794. The van der Waals surface area contributed by atoms with Crippen LogP contribution in [0.4, 0.5) is 10.1 Å². The molecule has 1 heterocycles. The van der Waals surface area contributed by atoms with Gasteiger partial charge >= 0.3 is 0 Å². The highest BCUT2D eigenvalue weighted by molar-refractivity contribution is 5.83. The standard InChI is InChI=1S/C18H14FN/c19-16-6-3-7-17-15(16)11-18(20-17)14-9-8-12-4-1-2-5-13(12)10-14/h1-10,18,20H,11H2. The number of hydrogen-bond donors (Lipinski definition) is 1. The largest absolute Gasteiger partial charge is 0.378 e. The number of rotatable bonds is 1. The van der Waals surface area contributed by atoms with Gasteiger partial charge in [0.2, 0.25) is 0 Å². The minimum atomic E-state index is -0.113. The molecule has 1 unspecified atom stereocenters. The van der Waals surface area contributed by atoms with E-state index in [1.54, 1.807) is 6.07 Å². The van der Waals surface area contributed by atoms with Gasteiger partial charge in [-0.2, -0.15) is 0 Å². The van der Waals surface area contributed by atoms with Crippen molar-refractivity contribution in [3.8, 4) is 0 Å². The molecule has 0 spiro atoms. The van der Waals surface area contributed by atoms with Gasteiger partial charge in [-0.25, -0.2) is 4.39 Å². The van der Waals surface area contributed by atoms with Crippen molar-refractivity contribution in [3.05, 3.63) is 77.6 Å². The van der Waals surface area contributed by atoms with Crippen LogP contribution < -0.4 is 5.32 Å². The van der Waals surface area contributed by atoms with Crippen LogP contribution >= 0.6 is 0 Å². The third-order valence-electron chi connectivity index (χ3n) is 4.03. The SMILES string of the molecule is Fc1cccc2c1CC(c1ccc3ccccc3c1)N2. The normalized spacial score (nSPS) is 16.9. The number of nitrogens with one attached hydrogen (secondary N) is 1. The molecule has 3 aromatic carbocycles. The molecule has 1 N–H and O–H groups in total. The zero-order valence-electron chi connectivity index (χ0n) is 10.9. The Morgan fingerprint density at radius 1 is 0.900 bits per heavy atom. The third kappa shape index (κ3) is 1.76. The van der Waals surface area contributed by atoms with E-state index in [-0.39, 0.29) is 11.9 Å². The van der Waals surface area contributed by atoms with Gasteiger partial charge in [-0.15, -0.1) is 0 Å². The lowest BCUT2D eigenvalue weighted by Crippen LogP contribution is -2.05. The van der Waals surface area contributed by atoms with Gasteiger partial charge in [-0.1, -0.05) is 42.5 Å². The average Bonchev–Trinajstić information content (AvgIpc) is 2.92. The molecule has 1 aliphatic rings. The van der Waals surface area contributed by atoms with E-state index >= 15 is 0 Å². The summed E-state index contributed by atoms with van der Waals surface area (Å²) in [6, 6.07) is 20.1. The van der Waals surface area contributed by atoms with Crippen molar-refractivity contribution >= 4 is 16.5 Å². The first-order valence-electron chi connectivity index (χ1n) is 6.84. The number of hydrogen-bond acceptors (Lipinski definition) is 1. The lowest BCUT2D eigenvalue weighted by atomic mass is 9.99. The van der Waals surface area contributed by atoms with Crippen molar-refractivity contribution in [2.24, 2.45) is 0 Å². The van der Waals surface area contributed by atoms with Gasteiger partial charge in [-0.05, 0) is 34.5 Å². The Morgan fingerprint density at radius 3 is 2.60 bits per heavy atom. The Balaban J connectivity index is 1.73. The van der Waals surface area contributed by atoms with Crippen molar-refractivity contribution in [3.63, 3.8) is 0 Å². The molecule has 0 saturated carbocycles. The monoisotopic (exact) mass is 263 g/mol. The van der Waals surface area contributed by atoms with Crippen LogP contribution in [0.2, 0.25) is 0 Å². The average molecular weight is 263 g/mol. The fourth-order valence-electron chi connectivity index (χ4n) is 2.97. The van der Waals surface area contributed by atoms with E-state index in [4.69, 9.17) is 0 Å². The van der Waals surface area contributed by atoms with E-state index in [2.05, 4.69) is 35.6 Å². The predicted molar refractivity (Wildman–Crippen MR) is 80.4 cm³/mol. The van der Waals surface area contributed by atoms with Gasteiger partial charge in [0.25, 0.3) is 0 Å². The second kappa shape index (κ2) is 4.34. The quantitative estimate of drug-likeness (QED) is 0.671. The fourth-order valence-corrected chi connectivity index (χ4v) is 2.97. The number of fused-ring (bicyclic) bond motifs is 2. The van der Waals surface area contributed by atoms with Crippen LogP contribution in [0.15, 0.2) is 60.7 Å². The lowest BCUT2D eigenvalue weighted by molar-refractivity contribution is 0.610. The van der Waals surface area contributed by atoms with Crippen molar-refractivity contribution in [1.29, 1.82) is 0 Å². The van der Waals surface area contributed by atoms with Crippen molar-refractivity contribution in [1.82, 2.24) is 0 Å². The van der Waals surface area contributed by atoms with Gasteiger partial charge in [-0.3, -0.25) is 0 Å². The molecule has 1 nitrogen and oxygen atoms in total. The lowest BCUT2D eigenvalue weighted by Gasteiger charge is -2.12. The van der Waals surface area contributed by atoms with Crippen LogP contribution in [0, 0.1) is 5.82 Å². The van der Waals surface area contributed by atoms with E-state index in [0.29, 0.717) is 6.42 Å². The first kappa shape index (κ1) is 11.5. The molecule has 1 atom stereocenters. The summed E-state index contributed by atoms with van der Waals surface area (Å²) in [7, 11) is 0. The Morgan fingerprint density at radius 2 is 1.75 bits per heavy atom. The molecule has 2 heteroatoms. The van der Waals surface area contributed by atoms with E-state index in [1.807, 2.05) is 18.2 Å². The zero-order chi connectivity index (χ0) is 13.5. The highest BCUT2D eigenvalue weighted by Gasteiger charge is 2.24. The summed E-state index contributed by atoms with van der Waals surface area (Å²) in [6.07, 6.45) is 0.709. The molecule has 0 saturated heterocycles. The molecular formula is C18H14FN. The van der Waals surface area contributed by atoms with E-state index in [0.717, 1.165) is 11.3 Å². The second-order valence-corrected chi connectivity index (χ2v) is 5.27. The molecule has 3 aromatic rings. The molecule has 98 valence electrons. The van der Waals surface area contributed by atoms with Crippen LogP contribution in [-0.4, -0.2) is 0 Å². The number of anilines is 1. The molecule has 20 heavy (non-hydrogen) atoms. The molecule has 0 bridgehead atoms. The summed E-state index contributed by atoms with van der Waals surface area (Å²) >= 11 is 0. The smallest absolute Gasteiger partial charge is 0.128 e. The number of halogens is 1. The minimum absolute atomic E-state index is 0.113. The third-order valence-corrected chi connectivity index (χ3v) is 4.03. The Labute approximate surface area is 117 Å². The topological polar surface area (TPSA) is 12.0 Å².